The first-order valence-corrected chi connectivity index (χ1v) is 8.57. The van der Waals surface area contributed by atoms with Gasteiger partial charge in [0.1, 0.15) is 5.41 Å². The molecule has 1 aliphatic carbocycles. The first-order valence-electron chi connectivity index (χ1n) is 7.42. The van der Waals surface area contributed by atoms with Gasteiger partial charge in [0.2, 0.25) is 11.8 Å². The number of amides is 4. The monoisotopic (exact) mass is 296 g/mol. The molecule has 1 unspecified atom stereocenters. The minimum absolute atomic E-state index is 0.0480. The van der Waals surface area contributed by atoms with Gasteiger partial charge in [-0.15, -0.1) is 0 Å². The van der Waals surface area contributed by atoms with Gasteiger partial charge >= 0.3 is 6.03 Å². The van der Waals surface area contributed by atoms with Crippen LogP contribution >= 0.6 is 11.8 Å². The summed E-state index contributed by atoms with van der Waals surface area (Å²) in [5, 5.41) is 2.44. The number of nitrogens with zero attached hydrogens (tertiary/aromatic N) is 1. The molecule has 0 bridgehead atoms. The van der Waals surface area contributed by atoms with Crippen LogP contribution in [0.1, 0.15) is 44.9 Å². The van der Waals surface area contributed by atoms with Crippen LogP contribution in [0.2, 0.25) is 0 Å². The second-order valence-electron chi connectivity index (χ2n) is 5.95. The van der Waals surface area contributed by atoms with Gasteiger partial charge in [-0.2, -0.15) is 11.8 Å². The van der Waals surface area contributed by atoms with Crippen LogP contribution in [0, 0.1) is 5.41 Å². The lowest BCUT2D eigenvalue weighted by Crippen LogP contribution is -2.67. The number of carbonyl (C=O) groups is 3. The van der Waals surface area contributed by atoms with Crippen LogP contribution in [0.25, 0.3) is 0 Å². The van der Waals surface area contributed by atoms with Crippen molar-refractivity contribution in [2.45, 2.75) is 51.0 Å². The molecule has 0 aromatic carbocycles. The van der Waals surface area contributed by atoms with Crippen molar-refractivity contribution in [3.8, 4) is 0 Å². The minimum Gasteiger partial charge on any atom is -0.277 e. The Morgan fingerprint density at radius 3 is 2.50 bits per heavy atom. The van der Waals surface area contributed by atoms with E-state index in [-0.39, 0.29) is 17.9 Å². The second-order valence-corrected chi connectivity index (χ2v) is 7.10. The Labute approximate surface area is 122 Å². The molecular weight excluding hydrogens is 276 g/mol. The molecule has 1 spiro atoms. The van der Waals surface area contributed by atoms with E-state index in [4.69, 9.17) is 0 Å². The molecule has 2 heterocycles. The first kappa shape index (κ1) is 13.9. The summed E-state index contributed by atoms with van der Waals surface area (Å²) in [4.78, 5) is 38.6. The average molecular weight is 296 g/mol. The van der Waals surface area contributed by atoms with Crippen molar-refractivity contribution >= 4 is 29.6 Å². The fourth-order valence-electron chi connectivity index (χ4n) is 3.55. The van der Waals surface area contributed by atoms with E-state index in [9.17, 15) is 14.4 Å². The number of barbiturate groups is 1. The Morgan fingerprint density at radius 2 is 1.85 bits per heavy atom. The molecule has 110 valence electrons. The van der Waals surface area contributed by atoms with E-state index >= 15 is 0 Å². The summed E-state index contributed by atoms with van der Waals surface area (Å²) in [5.41, 5.74) is -0.964. The predicted octanol–water partition coefficient (Wildman–Crippen LogP) is 1.91. The van der Waals surface area contributed by atoms with Crippen LogP contribution in [-0.2, 0) is 9.59 Å². The van der Waals surface area contributed by atoms with Crippen LogP contribution in [0.15, 0.2) is 0 Å². The SMILES string of the molecule is O=C1NC(=O)C2(CCCCC2)C(=O)N1C1CCCSC1. The van der Waals surface area contributed by atoms with Crippen molar-refractivity contribution in [1.29, 1.82) is 0 Å². The second kappa shape index (κ2) is 5.39. The molecular formula is C14H20N2O3S. The molecule has 6 heteroatoms. The standard InChI is InChI=1S/C14H20N2O3S/c17-11-14(6-2-1-3-7-14)12(18)16(13(19)15-11)10-5-4-8-20-9-10/h10H,1-9H2,(H,15,17,19). The molecule has 2 saturated heterocycles. The Kier molecular flexibility index (Phi) is 3.75. The molecule has 4 amide bonds. The highest BCUT2D eigenvalue weighted by atomic mass is 32.2. The van der Waals surface area contributed by atoms with Crippen LogP contribution in [-0.4, -0.2) is 40.3 Å². The zero-order valence-corrected chi connectivity index (χ0v) is 12.3. The fraction of sp³-hybridized carbons (Fsp3) is 0.786. The van der Waals surface area contributed by atoms with Crippen molar-refractivity contribution < 1.29 is 14.4 Å². The molecule has 5 nitrogen and oxygen atoms in total. The van der Waals surface area contributed by atoms with Crippen molar-refractivity contribution in [3.05, 3.63) is 0 Å². The zero-order valence-electron chi connectivity index (χ0n) is 11.5. The van der Waals surface area contributed by atoms with Gasteiger partial charge in [-0.25, -0.2) is 4.79 Å². The number of thioether (sulfide) groups is 1. The summed E-state index contributed by atoms with van der Waals surface area (Å²) in [7, 11) is 0. The van der Waals surface area contributed by atoms with Gasteiger partial charge in [0.05, 0.1) is 6.04 Å². The lowest BCUT2D eigenvalue weighted by molar-refractivity contribution is -0.155. The van der Waals surface area contributed by atoms with Gasteiger partial charge in [-0.3, -0.25) is 19.8 Å². The number of hydrogen-bond donors (Lipinski definition) is 1. The molecule has 0 radical (unpaired) electrons. The smallest absolute Gasteiger partial charge is 0.277 e. The number of nitrogens with one attached hydrogen (secondary N) is 1. The molecule has 1 saturated carbocycles. The van der Waals surface area contributed by atoms with Crippen LogP contribution in [0.5, 0.6) is 0 Å². The number of hydrogen-bond acceptors (Lipinski definition) is 4. The quantitative estimate of drug-likeness (QED) is 0.751. The maximum absolute atomic E-state index is 12.9. The molecule has 3 rings (SSSR count). The summed E-state index contributed by atoms with van der Waals surface area (Å²) < 4.78 is 0. The summed E-state index contributed by atoms with van der Waals surface area (Å²) in [6.45, 7) is 0. The summed E-state index contributed by atoms with van der Waals surface area (Å²) in [6, 6.07) is -0.558. The summed E-state index contributed by atoms with van der Waals surface area (Å²) in [6.07, 6.45) is 5.89. The lowest BCUT2D eigenvalue weighted by atomic mass is 9.71. The topological polar surface area (TPSA) is 66.5 Å². The summed E-state index contributed by atoms with van der Waals surface area (Å²) in [5.74, 6) is 1.28. The maximum atomic E-state index is 12.9. The highest BCUT2D eigenvalue weighted by molar-refractivity contribution is 7.99. The third-order valence-corrected chi connectivity index (χ3v) is 5.91. The van der Waals surface area contributed by atoms with Gasteiger partial charge in [0.15, 0.2) is 0 Å². The van der Waals surface area contributed by atoms with E-state index in [1.165, 1.54) is 4.90 Å². The molecule has 0 aromatic rings. The zero-order chi connectivity index (χ0) is 14.2. The van der Waals surface area contributed by atoms with Gasteiger partial charge < -0.3 is 0 Å². The van der Waals surface area contributed by atoms with Crippen molar-refractivity contribution in [3.63, 3.8) is 0 Å². The van der Waals surface area contributed by atoms with Gasteiger partial charge in [-0.1, -0.05) is 19.3 Å². The average Bonchev–Trinajstić information content (AvgIpc) is 2.48. The third kappa shape index (κ3) is 2.14. The highest BCUT2D eigenvalue weighted by Crippen LogP contribution is 2.41. The van der Waals surface area contributed by atoms with E-state index in [1.54, 1.807) is 11.8 Å². The third-order valence-electron chi connectivity index (χ3n) is 4.71. The molecule has 1 atom stereocenters. The Balaban J connectivity index is 1.88. The first-order chi connectivity index (χ1) is 9.65. The van der Waals surface area contributed by atoms with Crippen molar-refractivity contribution in [2.75, 3.05) is 11.5 Å². The fourth-order valence-corrected chi connectivity index (χ4v) is 4.68. The van der Waals surface area contributed by atoms with E-state index in [2.05, 4.69) is 5.32 Å². The number of urea groups is 1. The normalized spacial score (nSPS) is 30.5. The Hall–Kier alpha value is -1.04. The molecule has 3 fully saturated rings. The van der Waals surface area contributed by atoms with Gasteiger partial charge in [-0.05, 0) is 31.4 Å². The van der Waals surface area contributed by atoms with Crippen molar-refractivity contribution in [1.82, 2.24) is 10.2 Å². The molecule has 20 heavy (non-hydrogen) atoms. The predicted molar refractivity (Wildman–Crippen MR) is 76.2 cm³/mol. The van der Waals surface area contributed by atoms with Gasteiger partial charge in [0.25, 0.3) is 0 Å². The number of imide groups is 2. The lowest BCUT2D eigenvalue weighted by Gasteiger charge is -2.44. The van der Waals surface area contributed by atoms with Crippen molar-refractivity contribution in [2.24, 2.45) is 5.41 Å². The van der Waals surface area contributed by atoms with E-state index in [1.807, 2.05) is 0 Å². The Bertz CT molecular complexity index is 440. The van der Waals surface area contributed by atoms with E-state index < -0.39 is 11.4 Å². The molecule has 2 aliphatic heterocycles. The number of carbonyl (C=O) groups excluding carboxylic acids is 3. The highest BCUT2D eigenvalue weighted by Gasteiger charge is 2.55. The largest absolute Gasteiger partial charge is 0.331 e. The molecule has 1 N–H and O–H groups in total. The van der Waals surface area contributed by atoms with Crippen LogP contribution in [0.4, 0.5) is 4.79 Å². The van der Waals surface area contributed by atoms with Gasteiger partial charge in [0, 0.05) is 5.75 Å². The Morgan fingerprint density at radius 1 is 1.10 bits per heavy atom. The van der Waals surface area contributed by atoms with Crippen LogP contribution < -0.4 is 5.32 Å². The van der Waals surface area contributed by atoms with E-state index in [0.29, 0.717) is 12.8 Å². The number of rotatable bonds is 1. The molecule has 0 aromatic heterocycles. The molecule has 3 aliphatic rings. The van der Waals surface area contributed by atoms with E-state index in [0.717, 1.165) is 43.6 Å². The minimum atomic E-state index is -0.964. The van der Waals surface area contributed by atoms with Crippen LogP contribution in [0.3, 0.4) is 0 Å². The summed E-state index contributed by atoms with van der Waals surface area (Å²) >= 11 is 1.78. The maximum Gasteiger partial charge on any atom is 0.331 e.